The summed E-state index contributed by atoms with van der Waals surface area (Å²) in [5.74, 6) is 0. The number of nitrogens with one attached hydrogen (secondary N) is 1. The van der Waals surface area contributed by atoms with Crippen molar-refractivity contribution in [2.24, 2.45) is 0 Å². The Morgan fingerprint density at radius 3 is 2.81 bits per heavy atom. The van der Waals surface area contributed by atoms with Gasteiger partial charge in [0.25, 0.3) is 0 Å². The minimum Gasteiger partial charge on any atom is -0.307 e. The summed E-state index contributed by atoms with van der Waals surface area (Å²) >= 11 is 0. The van der Waals surface area contributed by atoms with Gasteiger partial charge in [-0.05, 0) is 31.4 Å². The second kappa shape index (κ2) is 3.85. The highest BCUT2D eigenvalue weighted by Crippen LogP contribution is 2.34. The first-order valence-corrected chi connectivity index (χ1v) is 6.48. The number of hydrogen-bond acceptors (Lipinski definition) is 2. The van der Waals surface area contributed by atoms with Crippen LogP contribution in [0.4, 0.5) is 0 Å². The number of pyridine rings is 1. The van der Waals surface area contributed by atoms with Gasteiger partial charge in [-0.2, -0.15) is 0 Å². The summed E-state index contributed by atoms with van der Waals surface area (Å²) in [7, 11) is 0. The normalized spacial score (nSPS) is 23.1. The zero-order chi connectivity index (χ0) is 11.0. The van der Waals surface area contributed by atoms with Crippen molar-refractivity contribution in [2.45, 2.75) is 57.5 Å². The lowest BCUT2D eigenvalue weighted by atomic mass is 9.76. The Bertz CT molecular complexity index is 392. The molecule has 2 heteroatoms. The third kappa shape index (κ3) is 1.75. The predicted octanol–water partition coefficient (Wildman–Crippen LogP) is 2.74. The van der Waals surface area contributed by atoms with Gasteiger partial charge in [0.05, 0.1) is 0 Å². The van der Waals surface area contributed by atoms with Crippen molar-refractivity contribution in [3.63, 3.8) is 0 Å². The van der Waals surface area contributed by atoms with Crippen molar-refractivity contribution in [1.82, 2.24) is 10.3 Å². The highest BCUT2D eigenvalue weighted by atomic mass is 15.0. The second-order valence-corrected chi connectivity index (χ2v) is 5.43. The number of nitrogens with zero attached hydrogens (tertiary/aromatic N) is 1. The first-order valence-electron chi connectivity index (χ1n) is 6.48. The lowest BCUT2D eigenvalue weighted by molar-refractivity contribution is 0.213. The van der Waals surface area contributed by atoms with Gasteiger partial charge in [0, 0.05) is 29.9 Å². The fourth-order valence-corrected chi connectivity index (χ4v) is 3.20. The predicted molar refractivity (Wildman–Crippen MR) is 65.3 cm³/mol. The van der Waals surface area contributed by atoms with Crippen LogP contribution in [0.15, 0.2) is 12.1 Å². The number of rotatable bonds is 0. The van der Waals surface area contributed by atoms with E-state index in [4.69, 9.17) is 4.98 Å². The van der Waals surface area contributed by atoms with Crippen LogP contribution in [0, 0.1) is 6.92 Å². The van der Waals surface area contributed by atoms with E-state index in [1.807, 2.05) is 0 Å². The Kier molecular flexibility index (Phi) is 2.47. The van der Waals surface area contributed by atoms with Gasteiger partial charge in [0.1, 0.15) is 0 Å². The maximum atomic E-state index is 4.72. The fourth-order valence-electron chi connectivity index (χ4n) is 3.20. The molecule has 2 aliphatic rings. The van der Waals surface area contributed by atoms with E-state index in [-0.39, 0.29) is 0 Å². The average Bonchev–Trinajstić information content (AvgIpc) is 2.29. The average molecular weight is 216 g/mol. The largest absolute Gasteiger partial charge is 0.307 e. The zero-order valence-electron chi connectivity index (χ0n) is 10.1. The molecule has 16 heavy (non-hydrogen) atoms. The van der Waals surface area contributed by atoms with Crippen LogP contribution in [0.3, 0.4) is 0 Å². The summed E-state index contributed by atoms with van der Waals surface area (Å²) < 4.78 is 0. The van der Waals surface area contributed by atoms with Crippen molar-refractivity contribution in [1.29, 1.82) is 0 Å². The van der Waals surface area contributed by atoms with E-state index in [1.165, 1.54) is 43.4 Å². The number of fused-ring (bicyclic) bond motifs is 1. The lowest BCUT2D eigenvalue weighted by Gasteiger charge is -2.41. The molecule has 0 saturated heterocycles. The van der Waals surface area contributed by atoms with Gasteiger partial charge in [0.15, 0.2) is 0 Å². The Balaban J connectivity index is 1.89. The summed E-state index contributed by atoms with van der Waals surface area (Å²) in [6.45, 7) is 3.11. The molecule has 0 aromatic carbocycles. The van der Waals surface area contributed by atoms with Crippen molar-refractivity contribution in [3.05, 3.63) is 29.1 Å². The molecule has 1 fully saturated rings. The van der Waals surface area contributed by atoms with Crippen LogP contribution in [-0.4, -0.2) is 10.5 Å². The first kappa shape index (κ1) is 10.3. The number of aromatic nitrogens is 1. The molecular formula is C14H20N2. The van der Waals surface area contributed by atoms with Crippen molar-refractivity contribution >= 4 is 0 Å². The van der Waals surface area contributed by atoms with E-state index >= 15 is 0 Å². The maximum Gasteiger partial charge on any atom is 0.0470 e. The molecule has 1 N–H and O–H groups in total. The molecule has 0 bridgehead atoms. The van der Waals surface area contributed by atoms with Crippen LogP contribution in [0.25, 0.3) is 0 Å². The number of hydrogen-bond donors (Lipinski definition) is 1. The van der Waals surface area contributed by atoms with Crippen molar-refractivity contribution < 1.29 is 0 Å². The molecule has 2 nitrogen and oxygen atoms in total. The van der Waals surface area contributed by atoms with Gasteiger partial charge in [-0.1, -0.05) is 25.3 Å². The standard InChI is InChI=1S/C14H20N2/c1-11-5-6-12-10-15-14(9-13(12)16-11)7-3-2-4-8-14/h5-6,15H,2-4,7-10H2,1H3. The molecule has 1 aromatic rings. The van der Waals surface area contributed by atoms with Gasteiger partial charge in [-0.15, -0.1) is 0 Å². The summed E-state index contributed by atoms with van der Waals surface area (Å²) in [6.07, 6.45) is 7.99. The third-order valence-electron chi connectivity index (χ3n) is 4.18. The molecule has 2 heterocycles. The van der Waals surface area contributed by atoms with Gasteiger partial charge >= 0.3 is 0 Å². The van der Waals surface area contributed by atoms with E-state index in [0.717, 1.165) is 18.7 Å². The van der Waals surface area contributed by atoms with Gasteiger partial charge < -0.3 is 5.32 Å². The molecule has 0 unspecified atom stereocenters. The second-order valence-electron chi connectivity index (χ2n) is 5.43. The number of aryl methyl sites for hydroxylation is 1. The molecule has 1 aliphatic heterocycles. The smallest absolute Gasteiger partial charge is 0.0470 e. The molecule has 1 saturated carbocycles. The van der Waals surface area contributed by atoms with Gasteiger partial charge in [0.2, 0.25) is 0 Å². The van der Waals surface area contributed by atoms with Crippen LogP contribution in [0.1, 0.15) is 49.1 Å². The van der Waals surface area contributed by atoms with Crippen LogP contribution in [0.2, 0.25) is 0 Å². The van der Waals surface area contributed by atoms with Crippen LogP contribution < -0.4 is 5.32 Å². The lowest BCUT2D eigenvalue weighted by Crippen LogP contribution is -2.51. The Hall–Kier alpha value is -0.890. The molecule has 86 valence electrons. The fraction of sp³-hybridized carbons (Fsp3) is 0.643. The SMILES string of the molecule is Cc1ccc2c(n1)CC1(CCCCC1)NC2. The Labute approximate surface area is 97.5 Å². The minimum atomic E-state index is 0.381. The Morgan fingerprint density at radius 2 is 2.00 bits per heavy atom. The minimum absolute atomic E-state index is 0.381. The molecular weight excluding hydrogens is 196 g/mol. The quantitative estimate of drug-likeness (QED) is 0.721. The first-order chi connectivity index (χ1) is 7.77. The third-order valence-corrected chi connectivity index (χ3v) is 4.18. The molecule has 0 amide bonds. The van der Waals surface area contributed by atoms with Crippen LogP contribution in [0.5, 0.6) is 0 Å². The molecule has 3 rings (SSSR count). The van der Waals surface area contributed by atoms with Crippen LogP contribution >= 0.6 is 0 Å². The van der Waals surface area contributed by atoms with E-state index in [2.05, 4.69) is 24.4 Å². The zero-order valence-corrected chi connectivity index (χ0v) is 10.1. The van der Waals surface area contributed by atoms with E-state index in [9.17, 15) is 0 Å². The molecule has 1 spiro atoms. The highest BCUT2D eigenvalue weighted by molar-refractivity contribution is 5.27. The van der Waals surface area contributed by atoms with Gasteiger partial charge in [-0.3, -0.25) is 4.98 Å². The van der Waals surface area contributed by atoms with Crippen LogP contribution in [-0.2, 0) is 13.0 Å². The van der Waals surface area contributed by atoms with E-state index in [1.54, 1.807) is 0 Å². The van der Waals surface area contributed by atoms with E-state index in [0.29, 0.717) is 5.54 Å². The maximum absolute atomic E-state index is 4.72. The molecule has 0 radical (unpaired) electrons. The molecule has 1 aromatic heterocycles. The monoisotopic (exact) mass is 216 g/mol. The highest BCUT2D eigenvalue weighted by Gasteiger charge is 2.35. The topological polar surface area (TPSA) is 24.9 Å². The Morgan fingerprint density at radius 1 is 1.19 bits per heavy atom. The summed E-state index contributed by atoms with van der Waals surface area (Å²) in [6, 6.07) is 4.36. The molecule has 0 atom stereocenters. The molecule has 1 aliphatic carbocycles. The van der Waals surface area contributed by atoms with Gasteiger partial charge in [-0.25, -0.2) is 0 Å². The summed E-state index contributed by atoms with van der Waals surface area (Å²) in [5.41, 5.74) is 4.29. The summed E-state index contributed by atoms with van der Waals surface area (Å²) in [4.78, 5) is 4.72. The van der Waals surface area contributed by atoms with Crippen molar-refractivity contribution in [3.8, 4) is 0 Å². The summed E-state index contributed by atoms with van der Waals surface area (Å²) in [5, 5.41) is 3.77. The van der Waals surface area contributed by atoms with Crippen molar-refractivity contribution in [2.75, 3.05) is 0 Å². The van der Waals surface area contributed by atoms with E-state index < -0.39 is 0 Å².